The van der Waals surface area contributed by atoms with Crippen LogP contribution in [0.2, 0.25) is 0 Å². The number of primary amides is 1. The Morgan fingerprint density at radius 2 is 1.75 bits per heavy atom. The Balaban J connectivity index is 1.54. The summed E-state index contributed by atoms with van der Waals surface area (Å²) < 4.78 is 0. The summed E-state index contributed by atoms with van der Waals surface area (Å²) in [5.41, 5.74) is 7.56. The molecule has 3 aromatic carbocycles. The van der Waals surface area contributed by atoms with Crippen molar-refractivity contribution < 1.29 is 4.79 Å². The summed E-state index contributed by atoms with van der Waals surface area (Å²) in [7, 11) is 0. The van der Waals surface area contributed by atoms with Gasteiger partial charge in [-0.25, -0.2) is 9.97 Å². The lowest BCUT2D eigenvalue weighted by atomic mass is 10.1. The molecule has 5 rings (SSSR count). The third-order valence-corrected chi connectivity index (χ3v) is 6.17. The molecule has 0 radical (unpaired) electrons. The monoisotopic (exact) mass is 425 g/mol. The lowest BCUT2D eigenvalue weighted by Crippen LogP contribution is -2.33. The molecule has 0 unspecified atom stereocenters. The molecule has 1 aromatic heterocycles. The first-order chi connectivity index (χ1) is 15.7. The van der Waals surface area contributed by atoms with Crippen LogP contribution < -0.4 is 11.1 Å². The van der Waals surface area contributed by atoms with Crippen molar-refractivity contribution in [3.8, 4) is 11.4 Å². The minimum absolute atomic E-state index is 0.408. The highest BCUT2D eigenvalue weighted by Gasteiger charge is 2.16. The van der Waals surface area contributed by atoms with E-state index < -0.39 is 5.91 Å². The molecule has 1 fully saturated rings. The summed E-state index contributed by atoms with van der Waals surface area (Å²) in [5, 5.41) is 6.60. The fraction of sp³-hybridized carbons (Fsp3) is 0.269. The highest BCUT2D eigenvalue weighted by Crippen LogP contribution is 2.29. The predicted octanol–water partition coefficient (Wildman–Crippen LogP) is 4.45. The molecule has 0 spiro atoms. The Morgan fingerprint density at radius 1 is 0.938 bits per heavy atom. The van der Waals surface area contributed by atoms with Crippen LogP contribution in [0.15, 0.2) is 60.7 Å². The lowest BCUT2D eigenvalue weighted by molar-refractivity contribution is 0.100. The fourth-order valence-electron chi connectivity index (χ4n) is 4.46. The van der Waals surface area contributed by atoms with Gasteiger partial charge in [0.2, 0.25) is 0 Å². The molecular weight excluding hydrogens is 398 g/mol. The lowest BCUT2D eigenvalue weighted by Gasteiger charge is -2.26. The van der Waals surface area contributed by atoms with E-state index in [0.29, 0.717) is 16.9 Å². The van der Waals surface area contributed by atoms with E-state index >= 15 is 0 Å². The fourth-order valence-corrected chi connectivity index (χ4v) is 4.46. The summed E-state index contributed by atoms with van der Waals surface area (Å²) >= 11 is 0. The minimum atomic E-state index is -0.488. The van der Waals surface area contributed by atoms with Crippen LogP contribution in [0.1, 0.15) is 29.6 Å². The van der Waals surface area contributed by atoms with Crippen molar-refractivity contribution in [2.45, 2.75) is 19.3 Å². The normalized spacial score (nSPS) is 14.6. The number of hydrogen-bond acceptors (Lipinski definition) is 5. The van der Waals surface area contributed by atoms with Gasteiger partial charge in [0.15, 0.2) is 5.82 Å². The van der Waals surface area contributed by atoms with Crippen LogP contribution in [-0.2, 0) is 0 Å². The van der Waals surface area contributed by atoms with Crippen molar-refractivity contribution in [1.29, 1.82) is 0 Å². The van der Waals surface area contributed by atoms with Crippen molar-refractivity contribution in [2.24, 2.45) is 5.73 Å². The molecule has 0 saturated carbocycles. The van der Waals surface area contributed by atoms with Crippen molar-refractivity contribution in [2.75, 3.05) is 31.5 Å². The highest BCUT2D eigenvalue weighted by molar-refractivity contribution is 6.07. The van der Waals surface area contributed by atoms with Gasteiger partial charge in [0.25, 0.3) is 5.91 Å². The molecule has 1 amide bonds. The zero-order chi connectivity index (χ0) is 21.9. The van der Waals surface area contributed by atoms with Gasteiger partial charge in [-0.15, -0.1) is 0 Å². The number of hydrogen-bond donors (Lipinski definition) is 2. The highest BCUT2D eigenvalue weighted by atomic mass is 16.1. The van der Waals surface area contributed by atoms with Gasteiger partial charge in [0.1, 0.15) is 5.82 Å². The quantitative estimate of drug-likeness (QED) is 0.477. The molecule has 1 aliphatic heterocycles. The van der Waals surface area contributed by atoms with Crippen LogP contribution in [0.3, 0.4) is 0 Å². The number of likely N-dealkylation sites (tertiary alicyclic amines) is 1. The molecule has 6 nitrogen and oxygen atoms in total. The minimum Gasteiger partial charge on any atom is -0.368 e. The van der Waals surface area contributed by atoms with Gasteiger partial charge in [-0.05, 0) is 54.9 Å². The van der Waals surface area contributed by atoms with Crippen molar-refractivity contribution in [3.63, 3.8) is 0 Å². The Labute approximate surface area is 187 Å². The van der Waals surface area contributed by atoms with Gasteiger partial charge in [0.05, 0.1) is 11.1 Å². The van der Waals surface area contributed by atoms with Crippen LogP contribution in [0.5, 0.6) is 0 Å². The molecule has 1 saturated heterocycles. The van der Waals surface area contributed by atoms with E-state index in [4.69, 9.17) is 15.7 Å². The maximum Gasteiger partial charge on any atom is 0.250 e. The number of benzene rings is 3. The first-order valence-corrected chi connectivity index (χ1v) is 11.2. The van der Waals surface area contributed by atoms with Crippen LogP contribution >= 0.6 is 0 Å². The van der Waals surface area contributed by atoms with E-state index in [-0.39, 0.29) is 0 Å². The van der Waals surface area contributed by atoms with Gasteiger partial charge in [-0.2, -0.15) is 0 Å². The average molecular weight is 426 g/mol. The summed E-state index contributed by atoms with van der Waals surface area (Å²) in [5.74, 6) is 0.828. The third kappa shape index (κ3) is 4.14. The molecular formula is C26H27N5O. The first-order valence-electron chi connectivity index (χ1n) is 11.2. The van der Waals surface area contributed by atoms with Gasteiger partial charge < -0.3 is 16.0 Å². The summed E-state index contributed by atoms with van der Waals surface area (Å²) in [6, 6.07) is 19.9. The number of nitrogens with two attached hydrogens (primary N) is 1. The third-order valence-electron chi connectivity index (χ3n) is 6.17. The van der Waals surface area contributed by atoms with Crippen molar-refractivity contribution in [3.05, 3.63) is 66.2 Å². The Morgan fingerprint density at radius 3 is 2.56 bits per heavy atom. The van der Waals surface area contributed by atoms with Gasteiger partial charge in [0, 0.05) is 24.0 Å². The van der Waals surface area contributed by atoms with E-state index in [2.05, 4.69) is 34.5 Å². The summed E-state index contributed by atoms with van der Waals surface area (Å²) in [4.78, 5) is 24.2. The number of para-hydroxylation sites is 1. The molecule has 1 aliphatic rings. The van der Waals surface area contributed by atoms with Crippen LogP contribution in [0.25, 0.3) is 33.1 Å². The van der Waals surface area contributed by atoms with E-state index in [1.54, 1.807) is 6.07 Å². The van der Waals surface area contributed by atoms with Crippen molar-refractivity contribution in [1.82, 2.24) is 14.9 Å². The number of anilines is 1. The molecule has 3 N–H and O–H groups in total. The summed E-state index contributed by atoms with van der Waals surface area (Å²) in [6.45, 7) is 4.05. The van der Waals surface area contributed by atoms with Crippen LogP contribution in [-0.4, -0.2) is 47.0 Å². The number of amides is 1. The second-order valence-corrected chi connectivity index (χ2v) is 8.35. The maximum absolute atomic E-state index is 12.1. The zero-order valence-electron chi connectivity index (χ0n) is 18.1. The predicted molar refractivity (Wildman–Crippen MR) is 130 cm³/mol. The molecule has 0 bridgehead atoms. The number of nitrogens with one attached hydrogen (secondary N) is 1. The standard InChI is InChI=1S/C26H27N5O/c27-24(32)21-9-6-10-22-23(21)29-25(20-12-11-18-7-2-3-8-19(18)17-20)30-26(22)28-13-16-31-14-4-1-5-15-31/h2-3,6-12,17H,1,4-5,13-16H2,(H2,27,32)(H,28,29,30). The number of aromatic nitrogens is 2. The van der Waals surface area contributed by atoms with E-state index in [0.717, 1.165) is 53.7 Å². The number of piperidine rings is 1. The van der Waals surface area contributed by atoms with E-state index in [1.807, 2.05) is 30.3 Å². The van der Waals surface area contributed by atoms with E-state index in [9.17, 15) is 4.79 Å². The number of nitrogens with zero attached hydrogens (tertiary/aromatic N) is 3. The first kappa shape index (κ1) is 20.4. The number of carbonyl (C=O) groups excluding carboxylic acids is 1. The Hall–Kier alpha value is -3.51. The average Bonchev–Trinajstić information content (AvgIpc) is 2.83. The number of rotatable bonds is 6. The smallest absolute Gasteiger partial charge is 0.250 e. The van der Waals surface area contributed by atoms with E-state index in [1.165, 1.54) is 19.3 Å². The van der Waals surface area contributed by atoms with Crippen LogP contribution in [0, 0.1) is 0 Å². The molecule has 4 aromatic rings. The van der Waals surface area contributed by atoms with Gasteiger partial charge in [-0.3, -0.25) is 4.79 Å². The topological polar surface area (TPSA) is 84.1 Å². The maximum atomic E-state index is 12.1. The molecule has 0 atom stereocenters. The van der Waals surface area contributed by atoms with Crippen LogP contribution in [0.4, 0.5) is 5.82 Å². The largest absolute Gasteiger partial charge is 0.368 e. The number of fused-ring (bicyclic) bond motifs is 2. The van der Waals surface area contributed by atoms with Crippen molar-refractivity contribution >= 4 is 33.4 Å². The zero-order valence-corrected chi connectivity index (χ0v) is 18.1. The summed E-state index contributed by atoms with van der Waals surface area (Å²) in [6.07, 6.45) is 3.86. The molecule has 0 aliphatic carbocycles. The number of carbonyl (C=O) groups is 1. The second-order valence-electron chi connectivity index (χ2n) is 8.35. The Bertz CT molecular complexity index is 1280. The molecule has 162 valence electrons. The second kappa shape index (κ2) is 8.93. The SMILES string of the molecule is NC(=O)c1cccc2c(NCCN3CCCCC3)nc(-c3ccc4ccccc4c3)nc12. The molecule has 6 heteroatoms. The Kier molecular flexibility index (Phi) is 5.69. The van der Waals surface area contributed by atoms with Gasteiger partial charge >= 0.3 is 0 Å². The molecule has 2 heterocycles. The van der Waals surface area contributed by atoms with Gasteiger partial charge in [-0.1, -0.05) is 48.9 Å². The molecule has 32 heavy (non-hydrogen) atoms.